The van der Waals surface area contributed by atoms with Gasteiger partial charge in [0.25, 0.3) is 0 Å². The lowest BCUT2D eigenvalue weighted by atomic mass is 10.0. The number of aromatic hydroxyl groups is 1. The molecule has 0 atom stereocenters. The number of hydrogen-bond donors (Lipinski definition) is 3. The fraction of sp³-hybridized carbons (Fsp3) is 0.184. The lowest BCUT2D eigenvalue weighted by molar-refractivity contribution is -0.137. The van der Waals surface area contributed by atoms with E-state index in [1.807, 2.05) is 0 Å². The minimum atomic E-state index is -4.54. The Labute approximate surface area is 284 Å². The van der Waals surface area contributed by atoms with E-state index in [0.29, 0.717) is 29.9 Å². The number of ketones is 1. The van der Waals surface area contributed by atoms with Gasteiger partial charge in [-0.1, -0.05) is 47.6 Å². The highest BCUT2D eigenvalue weighted by Crippen LogP contribution is 2.37. The second-order valence-corrected chi connectivity index (χ2v) is 11.2. The first-order valence-electron chi connectivity index (χ1n) is 15.7. The molecule has 0 spiro atoms. The molecule has 9 nitrogen and oxygen atoms in total. The molecule has 1 heterocycles. The van der Waals surface area contributed by atoms with Crippen LogP contribution in [-0.2, 0) is 6.18 Å². The molecule has 0 fully saturated rings. The zero-order valence-electron chi connectivity index (χ0n) is 26.7. The van der Waals surface area contributed by atoms with E-state index >= 15 is 0 Å². The summed E-state index contributed by atoms with van der Waals surface area (Å²) in [7, 11) is 0. The quantitative estimate of drug-likeness (QED) is 0.0202. The van der Waals surface area contributed by atoms with E-state index in [1.165, 1.54) is 18.2 Å². The van der Waals surface area contributed by atoms with Gasteiger partial charge in [0.15, 0.2) is 22.6 Å². The Morgan fingerprint density at radius 3 is 2.14 bits per heavy atom. The zero-order valence-corrected chi connectivity index (χ0v) is 26.7. The molecule has 0 saturated carbocycles. The fourth-order valence-electron chi connectivity index (χ4n) is 5.12. The van der Waals surface area contributed by atoms with Gasteiger partial charge in [0.1, 0.15) is 28.4 Å². The summed E-state index contributed by atoms with van der Waals surface area (Å²) in [6.45, 7) is 0.713. The maximum absolute atomic E-state index is 13.2. The molecule has 5 rings (SSSR count). The van der Waals surface area contributed by atoms with Crippen LogP contribution in [0.3, 0.4) is 0 Å². The lowest BCUT2D eigenvalue weighted by Crippen LogP contribution is -2.12. The third-order valence-electron chi connectivity index (χ3n) is 7.76. The average molecular weight is 687 g/mol. The molecular formula is C38H33F3N2O7. The van der Waals surface area contributed by atoms with Crippen molar-refractivity contribution in [2.24, 2.45) is 10.9 Å². The monoisotopic (exact) mass is 686 g/mol. The summed E-state index contributed by atoms with van der Waals surface area (Å²) in [6.07, 6.45) is 0.995. The summed E-state index contributed by atoms with van der Waals surface area (Å²) >= 11 is 0. The zero-order chi connectivity index (χ0) is 35.7. The van der Waals surface area contributed by atoms with Gasteiger partial charge in [0, 0.05) is 28.8 Å². The number of amidine groups is 1. The SMILES string of the molecule is N/C(=N/O)c1ccc(OCCCCCCOc2cc(O)c3c(=O)cc(-c4ccccc4)oc3c2/C=C/C(=O)c2ccc(C(F)(F)F)cc2)cc1. The molecule has 12 heteroatoms. The molecule has 0 aliphatic heterocycles. The highest BCUT2D eigenvalue weighted by Gasteiger charge is 2.30. The smallest absolute Gasteiger partial charge is 0.416 e. The molecule has 258 valence electrons. The van der Waals surface area contributed by atoms with Crippen LogP contribution < -0.4 is 20.6 Å². The summed E-state index contributed by atoms with van der Waals surface area (Å²) in [5.41, 5.74) is 5.57. The predicted molar refractivity (Wildman–Crippen MR) is 183 cm³/mol. The van der Waals surface area contributed by atoms with Crippen molar-refractivity contribution in [2.45, 2.75) is 31.9 Å². The molecule has 0 amide bonds. The van der Waals surface area contributed by atoms with Gasteiger partial charge >= 0.3 is 6.18 Å². The maximum atomic E-state index is 13.2. The Balaban J connectivity index is 1.30. The molecule has 1 aromatic heterocycles. The first-order valence-corrected chi connectivity index (χ1v) is 15.7. The van der Waals surface area contributed by atoms with Crippen LogP contribution in [-0.4, -0.2) is 35.1 Å². The third-order valence-corrected chi connectivity index (χ3v) is 7.76. The molecule has 0 bridgehead atoms. The molecule has 4 N–H and O–H groups in total. The summed E-state index contributed by atoms with van der Waals surface area (Å²) in [5.74, 6) is 0.0790. The number of fused-ring (bicyclic) bond motifs is 1. The molecule has 0 unspecified atom stereocenters. The van der Waals surface area contributed by atoms with Crippen LogP contribution in [0.15, 0.2) is 111 Å². The number of alkyl halides is 3. The van der Waals surface area contributed by atoms with Gasteiger partial charge in [-0.05, 0) is 74.2 Å². The van der Waals surface area contributed by atoms with Crippen LogP contribution in [0.25, 0.3) is 28.4 Å². The second-order valence-electron chi connectivity index (χ2n) is 11.2. The fourth-order valence-corrected chi connectivity index (χ4v) is 5.12. The minimum absolute atomic E-state index is 0.00828. The van der Waals surface area contributed by atoms with Crippen molar-refractivity contribution in [1.82, 2.24) is 0 Å². The molecule has 4 aromatic carbocycles. The number of benzene rings is 4. The van der Waals surface area contributed by atoms with Crippen molar-refractivity contribution >= 4 is 28.7 Å². The highest BCUT2D eigenvalue weighted by molar-refractivity contribution is 6.08. The van der Waals surface area contributed by atoms with E-state index in [0.717, 1.165) is 49.6 Å². The van der Waals surface area contributed by atoms with E-state index in [-0.39, 0.29) is 51.8 Å². The van der Waals surface area contributed by atoms with Crippen molar-refractivity contribution < 1.29 is 42.2 Å². The van der Waals surface area contributed by atoms with Crippen LogP contribution in [0, 0.1) is 0 Å². The number of hydrogen-bond acceptors (Lipinski definition) is 8. The topological polar surface area (TPSA) is 145 Å². The van der Waals surface area contributed by atoms with Gasteiger partial charge in [-0.25, -0.2) is 0 Å². The van der Waals surface area contributed by atoms with Crippen molar-refractivity contribution in [3.05, 3.63) is 130 Å². The number of allylic oxidation sites excluding steroid dienone is 1. The van der Waals surface area contributed by atoms with Gasteiger partial charge in [-0.2, -0.15) is 13.2 Å². The maximum Gasteiger partial charge on any atom is 0.416 e. The Morgan fingerprint density at radius 2 is 1.50 bits per heavy atom. The number of carbonyl (C=O) groups is 1. The molecule has 0 radical (unpaired) electrons. The van der Waals surface area contributed by atoms with Gasteiger partial charge in [-0.3, -0.25) is 9.59 Å². The number of unbranched alkanes of at least 4 members (excludes halogenated alkanes) is 3. The highest BCUT2D eigenvalue weighted by atomic mass is 19.4. The average Bonchev–Trinajstić information content (AvgIpc) is 3.12. The number of rotatable bonds is 14. The molecule has 0 aliphatic rings. The van der Waals surface area contributed by atoms with Crippen LogP contribution in [0.1, 0.15) is 52.7 Å². The van der Waals surface area contributed by atoms with Crippen molar-refractivity contribution in [2.75, 3.05) is 13.2 Å². The van der Waals surface area contributed by atoms with Crippen molar-refractivity contribution in [1.29, 1.82) is 0 Å². The molecular weight excluding hydrogens is 653 g/mol. The standard InChI is InChI=1S/C38H33F3N2O7/c39-38(40,41)27-14-10-24(11-15-27)30(44)19-18-29-34(23-32(46)35-31(45)22-33(50-36(29)35)25-8-4-3-5-9-25)49-21-7-2-1-6-20-48-28-16-12-26(13-17-28)37(42)43-47/h3-5,8-19,22-23,46-47H,1-2,6-7,20-21H2,(H2,42,43)/b19-18+. The van der Waals surface area contributed by atoms with Crippen molar-refractivity contribution in [3.8, 4) is 28.6 Å². The van der Waals surface area contributed by atoms with Gasteiger partial charge in [0.2, 0.25) is 0 Å². The van der Waals surface area contributed by atoms with E-state index in [2.05, 4.69) is 5.16 Å². The van der Waals surface area contributed by atoms with Gasteiger partial charge < -0.3 is 29.9 Å². The van der Waals surface area contributed by atoms with E-state index in [1.54, 1.807) is 54.6 Å². The number of phenolic OH excluding ortho intramolecular Hbond substituents is 1. The van der Waals surface area contributed by atoms with Crippen LogP contribution >= 0.6 is 0 Å². The second kappa shape index (κ2) is 15.9. The Bertz CT molecular complexity index is 2060. The third kappa shape index (κ3) is 8.70. The number of ether oxygens (including phenoxy) is 2. The lowest BCUT2D eigenvalue weighted by Gasteiger charge is -2.14. The van der Waals surface area contributed by atoms with E-state index in [9.17, 15) is 27.9 Å². The first-order chi connectivity index (χ1) is 24.0. The summed E-state index contributed by atoms with van der Waals surface area (Å²) in [4.78, 5) is 26.2. The van der Waals surface area contributed by atoms with Gasteiger partial charge in [0.05, 0.1) is 24.3 Å². The normalized spacial score (nSPS) is 12.0. The number of halogens is 3. The van der Waals surface area contributed by atoms with Crippen LogP contribution in [0.5, 0.6) is 17.2 Å². The largest absolute Gasteiger partial charge is 0.507 e. The number of phenols is 1. The number of nitrogens with two attached hydrogens (primary N) is 1. The predicted octanol–water partition coefficient (Wildman–Crippen LogP) is 8.19. The van der Waals surface area contributed by atoms with Gasteiger partial charge in [-0.15, -0.1) is 0 Å². The van der Waals surface area contributed by atoms with Crippen LogP contribution in [0.4, 0.5) is 13.2 Å². The Morgan fingerprint density at radius 1 is 0.860 bits per heavy atom. The summed E-state index contributed by atoms with van der Waals surface area (Å²) in [6, 6.07) is 22.1. The van der Waals surface area contributed by atoms with E-state index < -0.39 is 23.0 Å². The summed E-state index contributed by atoms with van der Waals surface area (Å²) in [5, 5.41) is 22.5. The molecule has 50 heavy (non-hydrogen) atoms. The number of nitrogens with zero attached hydrogens (tertiary/aromatic N) is 1. The molecule has 5 aromatic rings. The molecule has 0 saturated heterocycles. The molecule has 0 aliphatic carbocycles. The Kier molecular flexibility index (Phi) is 11.2. The minimum Gasteiger partial charge on any atom is -0.507 e. The number of oxime groups is 1. The van der Waals surface area contributed by atoms with Crippen LogP contribution in [0.2, 0.25) is 0 Å². The first kappa shape index (κ1) is 35.3. The Hall–Kier alpha value is -6.04. The summed E-state index contributed by atoms with van der Waals surface area (Å²) < 4.78 is 57.0. The van der Waals surface area contributed by atoms with E-state index in [4.69, 9.17) is 24.8 Å². The van der Waals surface area contributed by atoms with Crippen molar-refractivity contribution in [3.63, 3.8) is 0 Å². The number of carbonyl (C=O) groups excluding carboxylic acids is 1.